The van der Waals surface area contributed by atoms with E-state index in [2.05, 4.69) is 49.3 Å². The molecule has 1 aromatic rings. The van der Waals surface area contributed by atoms with E-state index < -0.39 is 0 Å². The van der Waals surface area contributed by atoms with Crippen LogP contribution >= 0.6 is 0 Å². The summed E-state index contributed by atoms with van der Waals surface area (Å²) in [5.41, 5.74) is 3.36. The summed E-state index contributed by atoms with van der Waals surface area (Å²) in [6.45, 7) is 7.04. The van der Waals surface area contributed by atoms with E-state index >= 15 is 0 Å². The first-order valence-electron chi connectivity index (χ1n) is 9.69. The minimum absolute atomic E-state index is 0.0140. The van der Waals surface area contributed by atoms with Gasteiger partial charge in [-0.05, 0) is 36.6 Å². The van der Waals surface area contributed by atoms with Crippen molar-refractivity contribution < 1.29 is 4.79 Å². The Hall–Kier alpha value is -1.51. The standard InChI is InChI=1S/C21H36N2O/c1-5-7-8-9-10-11-12-13-14-23(4)21-16-19(6-2)15-20(17-21)22-18(3)24/h15-17H,5-14H2,1-4H3,(H,22,24). The zero-order valence-corrected chi connectivity index (χ0v) is 16.2. The van der Waals surface area contributed by atoms with Crippen LogP contribution in [0.25, 0.3) is 0 Å². The average Bonchev–Trinajstić information content (AvgIpc) is 2.56. The first-order chi connectivity index (χ1) is 11.6. The van der Waals surface area contributed by atoms with E-state index in [-0.39, 0.29) is 5.91 Å². The Labute approximate surface area is 148 Å². The number of anilines is 2. The third kappa shape index (κ3) is 8.37. The van der Waals surface area contributed by atoms with Crippen LogP contribution in [-0.2, 0) is 11.2 Å². The molecule has 1 aromatic carbocycles. The van der Waals surface area contributed by atoms with Crippen molar-refractivity contribution in [3.8, 4) is 0 Å². The van der Waals surface area contributed by atoms with Crippen molar-refractivity contribution in [2.24, 2.45) is 0 Å². The van der Waals surface area contributed by atoms with Crippen molar-refractivity contribution in [1.29, 1.82) is 0 Å². The molecule has 0 fully saturated rings. The van der Waals surface area contributed by atoms with E-state index in [9.17, 15) is 4.79 Å². The van der Waals surface area contributed by atoms with Gasteiger partial charge in [-0.3, -0.25) is 4.79 Å². The molecule has 3 nitrogen and oxygen atoms in total. The fourth-order valence-electron chi connectivity index (χ4n) is 2.99. The molecular weight excluding hydrogens is 296 g/mol. The first kappa shape index (κ1) is 20.5. The molecule has 1 amide bonds. The van der Waals surface area contributed by atoms with Crippen LogP contribution in [0.2, 0.25) is 0 Å². The molecule has 0 saturated heterocycles. The number of rotatable bonds is 12. The van der Waals surface area contributed by atoms with Gasteiger partial charge < -0.3 is 10.2 Å². The fraction of sp³-hybridized carbons (Fsp3) is 0.667. The lowest BCUT2D eigenvalue weighted by molar-refractivity contribution is -0.114. The number of unbranched alkanes of at least 4 members (excludes halogenated alkanes) is 7. The highest BCUT2D eigenvalue weighted by Crippen LogP contribution is 2.23. The summed E-state index contributed by atoms with van der Waals surface area (Å²) in [5, 5.41) is 2.91. The Morgan fingerprint density at radius 2 is 1.58 bits per heavy atom. The van der Waals surface area contributed by atoms with Gasteiger partial charge in [-0.15, -0.1) is 0 Å². The Balaban J connectivity index is 2.40. The number of nitrogens with zero attached hydrogens (tertiary/aromatic N) is 1. The molecule has 0 heterocycles. The lowest BCUT2D eigenvalue weighted by Gasteiger charge is -2.21. The van der Waals surface area contributed by atoms with Crippen LogP contribution in [-0.4, -0.2) is 19.5 Å². The lowest BCUT2D eigenvalue weighted by atomic mass is 10.1. The van der Waals surface area contributed by atoms with E-state index in [1.807, 2.05) is 0 Å². The van der Waals surface area contributed by atoms with Crippen molar-refractivity contribution in [3.05, 3.63) is 23.8 Å². The largest absolute Gasteiger partial charge is 0.375 e. The van der Waals surface area contributed by atoms with E-state index in [1.54, 1.807) is 6.92 Å². The summed E-state index contributed by atoms with van der Waals surface area (Å²) in [4.78, 5) is 13.6. The van der Waals surface area contributed by atoms with Crippen LogP contribution in [0, 0.1) is 0 Å². The SMILES string of the molecule is CCCCCCCCCCN(C)c1cc(CC)cc(NC(C)=O)c1. The monoisotopic (exact) mass is 332 g/mol. The summed E-state index contributed by atoms with van der Waals surface area (Å²) in [6, 6.07) is 6.37. The van der Waals surface area contributed by atoms with Gasteiger partial charge in [-0.2, -0.15) is 0 Å². The topological polar surface area (TPSA) is 32.3 Å². The second-order valence-electron chi connectivity index (χ2n) is 6.82. The Kier molecular flexibility index (Phi) is 10.2. The number of hydrogen-bond acceptors (Lipinski definition) is 2. The lowest BCUT2D eigenvalue weighted by Crippen LogP contribution is -2.19. The number of nitrogens with one attached hydrogen (secondary N) is 1. The molecule has 0 aliphatic heterocycles. The van der Waals surface area contributed by atoms with Gasteiger partial charge in [0.2, 0.25) is 5.91 Å². The van der Waals surface area contributed by atoms with Gasteiger partial charge in [0, 0.05) is 31.9 Å². The maximum absolute atomic E-state index is 11.3. The minimum atomic E-state index is -0.0140. The molecule has 3 heteroatoms. The second-order valence-corrected chi connectivity index (χ2v) is 6.82. The van der Waals surface area contributed by atoms with Crippen LogP contribution in [0.5, 0.6) is 0 Å². The van der Waals surface area contributed by atoms with Crippen LogP contribution in [0.4, 0.5) is 11.4 Å². The molecule has 0 aliphatic carbocycles. The number of carbonyl (C=O) groups excluding carboxylic acids is 1. The number of hydrogen-bond donors (Lipinski definition) is 1. The molecule has 0 unspecified atom stereocenters. The molecule has 0 atom stereocenters. The van der Waals surface area contributed by atoms with Crippen LogP contribution < -0.4 is 10.2 Å². The highest BCUT2D eigenvalue weighted by Gasteiger charge is 2.06. The van der Waals surface area contributed by atoms with Gasteiger partial charge in [0.1, 0.15) is 0 Å². The summed E-state index contributed by atoms with van der Waals surface area (Å²) < 4.78 is 0. The van der Waals surface area contributed by atoms with Crippen LogP contribution in [0.3, 0.4) is 0 Å². The van der Waals surface area contributed by atoms with Gasteiger partial charge in [-0.25, -0.2) is 0 Å². The third-order valence-corrected chi connectivity index (χ3v) is 4.49. The number of aryl methyl sites for hydroxylation is 1. The Bertz CT molecular complexity index is 485. The van der Waals surface area contributed by atoms with Crippen LogP contribution in [0.15, 0.2) is 18.2 Å². The fourth-order valence-corrected chi connectivity index (χ4v) is 2.99. The molecule has 0 spiro atoms. The molecule has 0 radical (unpaired) electrons. The van der Waals surface area contributed by atoms with Gasteiger partial charge in [-0.1, -0.05) is 58.8 Å². The number of benzene rings is 1. The van der Waals surface area contributed by atoms with Gasteiger partial charge >= 0.3 is 0 Å². The number of carbonyl (C=O) groups is 1. The molecule has 1 rings (SSSR count). The molecular formula is C21H36N2O. The average molecular weight is 333 g/mol. The van der Waals surface area contributed by atoms with Crippen molar-refractivity contribution in [3.63, 3.8) is 0 Å². The predicted molar refractivity (Wildman–Crippen MR) is 106 cm³/mol. The first-order valence-corrected chi connectivity index (χ1v) is 9.69. The summed E-state index contributed by atoms with van der Waals surface area (Å²) in [7, 11) is 2.15. The smallest absolute Gasteiger partial charge is 0.221 e. The van der Waals surface area contributed by atoms with Crippen LogP contribution in [0.1, 0.15) is 77.7 Å². The maximum atomic E-state index is 11.3. The zero-order chi connectivity index (χ0) is 17.8. The van der Waals surface area contributed by atoms with E-state index in [1.165, 1.54) is 62.6 Å². The summed E-state index contributed by atoms with van der Waals surface area (Å²) in [5.74, 6) is -0.0140. The normalized spacial score (nSPS) is 10.7. The van der Waals surface area contributed by atoms with Crippen molar-refractivity contribution in [2.45, 2.75) is 78.6 Å². The summed E-state index contributed by atoms with van der Waals surface area (Å²) in [6.07, 6.45) is 11.7. The Morgan fingerprint density at radius 1 is 0.958 bits per heavy atom. The molecule has 0 bridgehead atoms. The van der Waals surface area contributed by atoms with Crippen molar-refractivity contribution >= 4 is 17.3 Å². The highest BCUT2D eigenvalue weighted by molar-refractivity contribution is 5.89. The molecule has 0 aromatic heterocycles. The van der Waals surface area contributed by atoms with Crippen molar-refractivity contribution in [1.82, 2.24) is 0 Å². The van der Waals surface area contributed by atoms with Gasteiger partial charge in [0.05, 0.1) is 0 Å². The maximum Gasteiger partial charge on any atom is 0.221 e. The molecule has 0 aliphatic rings. The summed E-state index contributed by atoms with van der Waals surface area (Å²) >= 11 is 0. The molecule has 0 saturated carbocycles. The van der Waals surface area contributed by atoms with E-state index in [4.69, 9.17) is 0 Å². The third-order valence-electron chi connectivity index (χ3n) is 4.49. The molecule has 136 valence electrons. The molecule has 24 heavy (non-hydrogen) atoms. The zero-order valence-electron chi connectivity index (χ0n) is 16.2. The highest BCUT2D eigenvalue weighted by atomic mass is 16.1. The van der Waals surface area contributed by atoms with Crippen molar-refractivity contribution in [2.75, 3.05) is 23.8 Å². The number of amides is 1. The van der Waals surface area contributed by atoms with Gasteiger partial charge in [0.25, 0.3) is 0 Å². The minimum Gasteiger partial charge on any atom is -0.375 e. The quantitative estimate of drug-likeness (QED) is 0.492. The predicted octanol–water partition coefficient (Wildman–Crippen LogP) is 5.78. The van der Waals surface area contributed by atoms with E-state index in [0.29, 0.717) is 0 Å². The Morgan fingerprint density at radius 3 is 2.17 bits per heavy atom. The van der Waals surface area contributed by atoms with Gasteiger partial charge in [0.15, 0.2) is 0 Å². The van der Waals surface area contributed by atoms with E-state index in [0.717, 1.165) is 18.7 Å². The second kappa shape index (κ2) is 11.9. The molecule has 1 N–H and O–H groups in total.